The number of rotatable bonds is 9. The SMILES string of the molecule is CC(CS(=O)C1CCCCC1)(CS(=O)C1CCCCC1)CS(=O)C1CCCCC1. The molecular formula is C23H42O3S3. The lowest BCUT2D eigenvalue weighted by atomic mass is 9.99. The summed E-state index contributed by atoms with van der Waals surface area (Å²) in [5.41, 5.74) is -0.326. The van der Waals surface area contributed by atoms with E-state index in [0.29, 0.717) is 33.0 Å². The monoisotopic (exact) mass is 462 g/mol. The predicted molar refractivity (Wildman–Crippen MR) is 128 cm³/mol. The molecular weight excluding hydrogens is 420 g/mol. The van der Waals surface area contributed by atoms with Crippen molar-refractivity contribution < 1.29 is 12.6 Å². The van der Waals surface area contributed by atoms with E-state index in [1.807, 2.05) is 0 Å². The first kappa shape index (κ1) is 24.1. The summed E-state index contributed by atoms with van der Waals surface area (Å²) in [6.07, 6.45) is 17.4. The number of hydrogen-bond acceptors (Lipinski definition) is 3. The van der Waals surface area contributed by atoms with Crippen molar-refractivity contribution in [3.63, 3.8) is 0 Å². The van der Waals surface area contributed by atoms with Gasteiger partial charge in [0.1, 0.15) is 0 Å². The van der Waals surface area contributed by atoms with E-state index in [0.717, 1.165) is 38.5 Å². The minimum Gasteiger partial charge on any atom is -0.259 e. The molecule has 0 saturated heterocycles. The zero-order valence-corrected chi connectivity index (χ0v) is 20.9. The molecule has 3 aliphatic carbocycles. The molecule has 3 atom stereocenters. The molecule has 3 aliphatic rings. The van der Waals surface area contributed by atoms with Crippen molar-refractivity contribution >= 4 is 32.4 Å². The highest BCUT2D eigenvalue weighted by Crippen LogP contribution is 2.32. The minimum atomic E-state index is -0.887. The van der Waals surface area contributed by atoms with Gasteiger partial charge >= 0.3 is 0 Å². The van der Waals surface area contributed by atoms with Crippen LogP contribution in [0.15, 0.2) is 0 Å². The van der Waals surface area contributed by atoms with Crippen LogP contribution in [0.4, 0.5) is 0 Å². The molecule has 0 spiro atoms. The van der Waals surface area contributed by atoms with Crippen LogP contribution in [0.5, 0.6) is 0 Å². The summed E-state index contributed by atoms with van der Waals surface area (Å²) in [5, 5.41) is 0.901. The van der Waals surface area contributed by atoms with Crippen LogP contribution in [0.1, 0.15) is 103 Å². The van der Waals surface area contributed by atoms with E-state index in [2.05, 4.69) is 6.92 Å². The molecule has 0 radical (unpaired) electrons. The molecule has 0 N–H and O–H groups in total. The Labute approximate surface area is 186 Å². The zero-order valence-electron chi connectivity index (χ0n) is 18.4. The Bertz CT molecular complexity index is 495. The Morgan fingerprint density at radius 2 is 0.759 bits per heavy atom. The van der Waals surface area contributed by atoms with Crippen molar-refractivity contribution in [1.82, 2.24) is 0 Å². The Balaban J connectivity index is 1.67. The first-order valence-electron chi connectivity index (χ1n) is 12.1. The third kappa shape index (κ3) is 7.52. The summed E-state index contributed by atoms with van der Waals surface area (Å²) >= 11 is 0. The lowest BCUT2D eigenvalue weighted by Crippen LogP contribution is -2.42. The van der Waals surface area contributed by atoms with E-state index in [4.69, 9.17) is 0 Å². The molecule has 3 fully saturated rings. The maximum absolute atomic E-state index is 13.2. The highest BCUT2D eigenvalue weighted by Gasteiger charge is 2.37. The van der Waals surface area contributed by atoms with E-state index in [9.17, 15) is 12.6 Å². The highest BCUT2D eigenvalue weighted by atomic mass is 32.2. The van der Waals surface area contributed by atoms with Crippen molar-refractivity contribution in [3.8, 4) is 0 Å². The largest absolute Gasteiger partial charge is 0.259 e. The fourth-order valence-electron chi connectivity index (χ4n) is 5.49. The average molecular weight is 463 g/mol. The summed E-state index contributed by atoms with van der Waals surface area (Å²) < 4.78 is 39.7. The van der Waals surface area contributed by atoms with Gasteiger partial charge in [-0.25, -0.2) is 0 Å². The van der Waals surface area contributed by atoms with Crippen molar-refractivity contribution in [1.29, 1.82) is 0 Å². The van der Waals surface area contributed by atoms with Gasteiger partial charge in [-0.3, -0.25) is 12.6 Å². The van der Waals surface area contributed by atoms with Gasteiger partial charge in [0, 0.05) is 70.8 Å². The van der Waals surface area contributed by atoms with Crippen LogP contribution in [-0.4, -0.2) is 45.6 Å². The van der Waals surface area contributed by atoms with Crippen LogP contribution < -0.4 is 0 Å². The maximum Gasteiger partial charge on any atom is 0.0348 e. The number of hydrogen-bond donors (Lipinski definition) is 0. The maximum atomic E-state index is 13.2. The molecule has 6 heteroatoms. The lowest BCUT2D eigenvalue weighted by Gasteiger charge is -2.34. The summed E-state index contributed by atoms with van der Waals surface area (Å²) in [5.74, 6) is 1.78. The van der Waals surface area contributed by atoms with Gasteiger partial charge in [-0.1, -0.05) is 64.7 Å². The first-order chi connectivity index (χ1) is 14.0. The van der Waals surface area contributed by atoms with Gasteiger partial charge in [0.2, 0.25) is 0 Å². The van der Waals surface area contributed by atoms with E-state index < -0.39 is 32.4 Å². The van der Waals surface area contributed by atoms with Gasteiger partial charge in [-0.2, -0.15) is 0 Å². The molecule has 0 aliphatic heterocycles. The van der Waals surface area contributed by atoms with E-state index in [-0.39, 0.29) is 5.41 Å². The normalized spacial score (nSPS) is 28.4. The lowest BCUT2D eigenvalue weighted by molar-refractivity contribution is 0.453. The average Bonchev–Trinajstić information content (AvgIpc) is 2.75. The molecule has 170 valence electrons. The smallest absolute Gasteiger partial charge is 0.0348 e. The minimum absolute atomic E-state index is 0.300. The molecule has 0 amide bonds. The summed E-state index contributed by atoms with van der Waals surface area (Å²) in [4.78, 5) is 0. The molecule has 29 heavy (non-hydrogen) atoms. The predicted octanol–water partition coefficient (Wildman–Crippen LogP) is 5.24. The Hall–Kier alpha value is 0.450. The van der Waals surface area contributed by atoms with Crippen LogP contribution in [0.3, 0.4) is 0 Å². The van der Waals surface area contributed by atoms with Crippen molar-refractivity contribution in [2.45, 2.75) is 119 Å². The molecule has 3 unspecified atom stereocenters. The first-order valence-corrected chi connectivity index (χ1v) is 16.2. The van der Waals surface area contributed by atoms with Crippen LogP contribution in [-0.2, 0) is 32.4 Å². The van der Waals surface area contributed by atoms with Gasteiger partial charge in [0.15, 0.2) is 0 Å². The van der Waals surface area contributed by atoms with Gasteiger partial charge in [-0.15, -0.1) is 0 Å². The Morgan fingerprint density at radius 3 is 1.00 bits per heavy atom. The van der Waals surface area contributed by atoms with Gasteiger partial charge in [0.25, 0.3) is 0 Å². The molecule has 3 nitrogen and oxygen atoms in total. The van der Waals surface area contributed by atoms with Crippen LogP contribution in [0, 0.1) is 5.41 Å². The van der Waals surface area contributed by atoms with Crippen LogP contribution >= 0.6 is 0 Å². The second-order valence-corrected chi connectivity index (χ2v) is 15.3. The standard InChI is InChI=1S/C23H42O3S3/c1-23(17-27(24)20-11-5-2-6-12-20,18-28(25)21-13-7-3-8-14-21)19-29(26)22-15-9-4-10-16-22/h20-22H,2-19H2,1H3. The molecule has 3 saturated carbocycles. The topological polar surface area (TPSA) is 51.2 Å². The Kier molecular flexibility index (Phi) is 9.89. The molecule has 3 rings (SSSR count). The van der Waals surface area contributed by atoms with Gasteiger partial charge < -0.3 is 0 Å². The summed E-state index contributed by atoms with van der Waals surface area (Å²) in [6, 6.07) is 0. The summed E-state index contributed by atoms with van der Waals surface area (Å²) in [6.45, 7) is 2.15. The third-order valence-electron chi connectivity index (χ3n) is 7.24. The fourth-order valence-corrected chi connectivity index (χ4v) is 11.8. The Morgan fingerprint density at radius 1 is 0.517 bits per heavy atom. The van der Waals surface area contributed by atoms with Crippen molar-refractivity contribution in [3.05, 3.63) is 0 Å². The van der Waals surface area contributed by atoms with Crippen LogP contribution in [0.2, 0.25) is 0 Å². The second-order valence-electron chi connectivity index (χ2n) is 10.2. The molecule has 0 aromatic heterocycles. The fraction of sp³-hybridized carbons (Fsp3) is 1.00. The zero-order chi connectivity index (χ0) is 20.7. The molecule has 0 bridgehead atoms. The molecule has 0 aromatic carbocycles. The third-order valence-corrected chi connectivity index (χ3v) is 13.8. The van der Waals surface area contributed by atoms with Gasteiger partial charge in [0.05, 0.1) is 0 Å². The molecule has 0 heterocycles. The van der Waals surface area contributed by atoms with E-state index >= 15 is 0 Å². The van der Waals surface area contributed by atoms with Crippen LogP contribution in [0.25, 0.3) is 0 Å². The van der Waals surface area contributed by atoms with E-state index in [1.54, 1.807) is 0 Å². The van der Waals surface area contributed by atoms with Crippen molar-refractivity contribution in [2.75, 3.05) is 17.3 Å². The quantitative estimate of drug-likeness (QED) is 0.471. The molecule has 0 aromatic rings. The summed E-state index contributed by atoms with van der Waals surface area (Å²) in [7, 11) is -2.66. The highest BCUT2D eigenvalue weighted by molar-refractivity contribution is 7.87. The second kappa shape index (κ2) is 11.9. The van der Waals surface area contributed by atoms with Gasteiger partial charge in [-0.05, 0) is 38.5 Å². The van der Waals surface area contributed by atoms with E-state index in [1.165, 1.54) is 57.8 Å². The van der Waals surface area contributed by atoms with Crippen molar-refractivity contribution in [2.24, 2.45) is 5.41 Å².